The summed E-state index contributed by atoms with van der Waals surface area (Å²) in [6, 6.07) is 8.01. The van der Waals surface area contributed by atoms with Crippen molar-refractivity contribution in [3.8, 4) is 5.75 Å². The van der Waals surface area contributed by atoms with Crippen LogP contribution in [0.1, 0.15) is 24.8 Å². The van der Waals surface area contributed by atoms with Crippen molar-refractivity contribution in [3.05, 3.63) is 54.7 Å². The maximum absolute atomic E-state index is 12.0. The zero-order chi connectivity index (χ0) is 23.0. The molecule has 2 aromatic heterocycles. The van der Waals surface area contributed by atoms with E-state index in [0.29, 0.717) is 6.54 Å². The number of hydrogen-bond donors (Lipinski definition) is 1. The summed E-state index contributed by atoms with van der Waals surface area (Å²) in [5.74, 6) is 0.971. The highest BCUT2D eigenvalue weighted by molar-refractivity contribution is 7.99. The van der Waals surface area contributed by atoms with E-state index in [-0.39, 0.29) is 11.8 Å². The minimum Gasteiger partial charge on any atom is -0.497 e. The number of nitrogens with zero attached hydrogens (tertiary/aromatic N) is 4. The van der Waals surface area contributed by atoms with Crippen LogP contribution < -0.4 is 4.74 Å². The Bertz CT molecular complexity index is 1070. The van der Waals surface area contributed by atoms with Crippen LogP contribution in [0.25, 0.3) is 10.9 Å². The van der Waals surface area contributed by atoms with Crippen molar-refractivity contribution in [2.45, 2.75) is 30.6 Å². The van der Waals surface area contributed by atoms with Crippen molar-refractivity contribution in [2.24, 2.45) is 11.8 Å². The van der Waals surface area contributed by atoms with Gasteiger partial charge in [-0.2, -0.15) is 0 Å². The van der Waals surface area contributed by atoms with E-state index in [9.17, 15) is 9.90 Å². The fraction of sp³-hybridized carbons (Fsp3) is 0.440. The van der Waals surface area contributed by atoms with Crippen LogP contribution in [0.5, 0.6) is 5.75 Å². The molecule has 0 amide bonds. The SMILES string of the molecule is COc1ccc2nccc(CCC[C@@H]3CCN(CCSc4cncnc4)C[C@@H]3C(=O)O)c2c1. The number of fused-ring (bicyclic) bond motifs is 1. The van der Waals surface area contributed by atoms with Gasteiger partial charge in [-0.25, -0.2) is 9.97 Å². The number of methoxy groups -OCH3 is 1. The van der Waals surface area contributed by atoms with E-state index in [1.54, 1.807) is 18.9 Å². The van der Waals surface area contributed by atoms with Crippen LogP contribution in [0.15, 0.2) is 54.1 Å². The standard InChI is InChI=1S/C25H30N4O3S/c1-32-20-5-6-24-22(13-20)18(7-9-28-24)3-2-4-19-8-10-29(16-23(19)25(30)31)11-12-33-21-14-26-17-27-15-21/h5-7,9,13-15,17,19,23H,2-4,8,10-12,16H2,1H3,(H,30,31)/t19-,23+/m1/s1. The number of aliphatic carboxylic acids is 1. The summed E-state index contributed by atoms with van der Waals surface area (Å²) in [5, 5.41) is 11.0. The Kier molecular flexibility index (Phi) is 8.12. The average molecular weight is 467 g/mol. The lowest BCUT2D eigenvalue weighted by Gasteiger charge is -2.36. The fourth-order valence-electron chi connectivity index (χ4n) is 4.63. The highest BCUT2D eigenvalue weighted by Crippen LogP contribution is 2.30. The lowest BCUT2D eigenvalue weighted by atomic mass is 9.81. The number of hydrogen-bond acceptors (Lipinski definition) is 7. The maximum Gasteiger partial charge on any atom is 0.308 e. The van der Waals surface area contributed by atoms with Crippen molar-refractivity contribution in [1.29, 1.82) is 0 Å². The molecule has 3 aromatic rings. The molecule has 1 aliphatic rings. The predicted molar refractivity (Wildman–Crippen MR) is 130 cm³/mol. The molecule has 0 saturated carbocycles. The number of rotatable bonds is 10. The summed E-state index contributed by atoms with van der Waals surface area (Å²) < 4.78 is 5.38. The number of aromatic nitrogens is 3. The highest BCUT2D eigenvalue weighted by atomic mass is 32.2. The smallest absolute Gasteiger partial charge is 0.308 e. The van der Waals surface area contributed by atoms with Crippen molar-refractivity contribution < 1.29 is 14.6 Å². The molecule has 7 nitrogen and oxygen atoms in total. The van der Waals surface area contributed by atoms with Crippen LogP contribution in [-0.2, 0) is 11.2 Å². The fourth-order valence-corrected chi connectivity index (χ4v) is 5.49. The van der Waals surface area contributed by atoms with Gasteiger partial charge in [-0.15, -0.1) is 11.8 Å². The average Bonchev–Trinajstić information content (AvgIpc) is 2.85. The molecule has 1 aromatic carbocycles. The quantitative estimate of drug-likeness (QED) is 0.446. The van der Waals surface area contributed by atoms with Gasteiger partial charge in [0.25, 0.3) is 0 Å². The van der Waals surface area contributed by atoms with E-state index < -0.39 is 5.97 Å². The van der Waals surface area contributed by atoms with Crippen LogP contribution in [-0.4, -0.2) is 63.4 Å². The van der Waals surface area contributed by atoms with E-state index >= 15 is 0 Å². The third-order valence-electron chi connectivity index (χ3n) is 6.43. The Morgan fingerprint density at radius 2 is 2.12 bits per heavy atom. The number of likely N-dealkylation sites (tertiary alicyclic amines) is 1. The van der Waals surface area contributed by atoms with E-state index in [1.807, 2.05) is 36.8 Å². The van der Waals surface area contributed by atoms with Crippen LogP contribution in [0, 0.1) is 11.8 Å². The van der Waals surface area contributed by atoms with Gasteiger partial charge in [0.05, 0.1) is 18.5 Å². The predicted octanol–water partition coefficient (Wildman–Crippen LogP) is 4.17. The maximum atomic E-state index is 12.0. The van der Waals surface area contributed by atoms with E-state index in [1.165, 1.54) is 11.9 Å². The van der Waals surface area contributed by atoms with Crippen LogP contribution in [0.2, 0.25) is 0 Å². The van der Waals surface area contributed by atoms with E-state index in [0.717, 1.165) is 66.1 Å². The molecule has 4 rings (SSSR count). The molecular weight excluding hydrogens is 436 g/mol. The van der Waals surface area contributed by atoms with Gasteiger partial charge < -0.3 is 14.7 Å². The summed E-state index contributed by atoms with van der Waals surface area (Å²) in [7, 11) is 1.67. The summed E-state index contributed by atoms with van der Waals surface area (Å²) in [6.45, 7) is 2.46. The summed E-state index contributed by atoms with van der Waals surface area (Å²) in [5.41, 5.74) is 2.20. The van der Waals surface area contributed by atoms with Gasteiger partial charge >= 0.3 is 5.97 Å². The molecular formula is C25H30N4O3S. The summed E-state index contributed by atoms with van der Waals surface area (Å²) in [4.78, 5) is 27.9. The second kappa shape index (κ2) is 11.4. The Hall–Kier alpha value is -2.71. The lowest BCUT2D eigenvalue weighted by Crippen LogP contribution is -2.44. The Morgan fingerprint density at radius 1 is 1.27 bits per heavy atom. The number of carboxylic acids is 1. The second-order valence-electron chi connectivity index (χ2n) is 8.46. The number of aryl methyl sites for hydroxylation is 1. The molecule has 0 bridgehead atoms. The first-order valence-electron chi connectivity index (χ1n) is 11.4. The molecule has 1 N–H and O–H groups in total. The van der Waals surface area contributed by atoms with Crippen LogP contribution in [0.4, 0.5) is 0 Å². The molecule has 3 heterocycles. The van der Waals surface area contributed by atoms with Crippen molar-refractivity contribution in [3.63, 3.8) is 0 Å². The third-order valence-corrected chi connectivity index (χ3v) is 7.36. The largest absolute Gasteiger partial charge is 0.497 e. The van der Waals surface area contributed by atoms with E-state index in [4.69, 9.17) is 4.74 Å². The van der Waals surface area contributed by atoms with Gasteiger partial charge in [-0.05, 0) is 68.0 Å². The zero-order valence-corrected chi connectivity index (χ0v) is 19.7. The molecule has 1 saturated heterocycles. The van der Waals surface area contributed by atoms with Crippen molar-refractivity contribution in [2.75, 3.05) is 32.5 Å². The third kappa shape index (κ3) is 6.21. The number of pyridine rings is 1. The molecule has 0 aliphatic carbocycles. The minimum absolute atomic E-state index is 0.219. The molecule has 174 valence electrons. The number of carboxylic acid groups (broad SMARTS) is 1. The second-order valence-corrected chi connectivity index (χ2v) is 9.63. The Labute approximate surface area is 198 Å². The number of piperidine rings is 1. The molecule has 0 unspecified atom stereocenters. The van der Waals surface area contributed by atoms with Crippen LogP contribution >= 0.6 is 11.8 Å². The minimum atomic E-state index is -0.673. The first-order valence-corrected chi connectivity index (χ1v) is 12.4. The van der Waals surface area contributed by atoms with Gasteiger partial charge in [0.15, 0.2) is 0 Å². The number of carbonyl (C=O) groups is 1. The number of thioether (sulfide) groups is 1. The van der Waals surface area contributed by atoms with Crippen molar-refractivity contribution in [1.82, 2.24) is 19.9 Å². The van der Waals surface area contributed by atoms with Gasteiger partial charge in [-0.1, -0.05) is 0 Å². The number of ether oxygens (including phenoxy) is 1. The van der Waals surface area contributed by atoms with Gasteiger partial charge in [0, 0.05) is 47.7 Å². The molecule has 8 heteroatoms. The van der Waals surface area contributed by atoms with Gasteiger partial charge in [0.1, 0.15) is 12.1 Å². The van der Waals surface area contributed by atoms with Crippen LogP contribution in [0.3, 0.4) is 0 Å². The summed E-state index contributed by atoms with van der Waals surface area (Å²) in [6.07, 6.45) is 10.7. The first-order chi connectivity index (χ1) is 16.1. The molecule has 1 fully saturated rings. The van der Waals surface area contributed by atoms with Gasteiger partial charge in [-0.3, -0.25) is 9.78 Å². The molecule has 2 atom stereocenters. The lowest BCUT2D eigenvalue weighted by molar-refractivity contribution is -0.146. The van der Waals surface area contributed by atoms with Crippen molar-refractivity contribution >= 4 is 28.6 Å². The molecule has 1 aliphatic heterocycles. The Morgan fingerprint density at radius 3 is 2.91 bits per heavy atom. The highest BCUT2D eigenvalue weighted by Gasteiger charge is 2.33. The molecule has 0 radical (unpaired) electrons. The number of benzene rings is 1. The topological polar surface area (TPSA) is 88.4 Å². The van der Waals surface area contributed by atoms with Gasteiger partial charge in [0.2, 0.25) is 0 Å². The normalized spacial score (nSPS) is 18.9. The zero-order valence-electron chi connectivity index (χ0n) is 18.9. The summed E-state index contributed by atoms with van der Waals surface area (Å²) >= 11 is 1.71. The first kappa shape index (κ1) is 23.4. The Balaban J connectivity index is 1.29. The monoisotopic (exact) mass is 466 g/mol. The molecule has 33 heavy (non-hydrogen) atoms. The van der Waals surface area contributed by atoms with E-state index in [2.05, 4.69) is 25.9 Å². The molecule has 0 spiro atoms.